The summed E-state index contributed by atoms with van der Waals surface area (Å²) in [6.45, 7) is 2.11. The Morgan fingerprint density at radius 2 is 2.16 bits per heavy atom. The molecule has 1 aromatic rings. The minimum absolute atomic E-state index is 0.311. The molecule has 0 spiro atoms. The second-order valence-corrected chi connectivity index (χ2v) is 4.61. The van der Waals surface area contributed by atoms with Gasteiger partial charge in [0.1, 0.15) is 5.41 Å². The fourth-order valence-electron chi connectivity index (χ4n) is 2.67. The zero-order valence-electron chi connectivity index (χ0n) is 11.1. The summed E-state index contributed by atoms with van der Waals surface area (Å²) in [7, 11) is 0. The van der Waals surface area contributed by atoms with Crippen molar-refractivity contribution in [2.24, 2.45) is 0 Å². The standard InChI is InChI=1S/C16H17NO2/c1-2-19-15(18)16(13-8-4-3-5-9-13)11-7-6-10-14(16)12-17/h3-5,8-10H,2,6-7,11H2,1H3. The third-order valence-electron chi connectivity index (χ3n) is 3.58. The predicted octanol–water partition coefficient (Wildman–Crippen LogP) is 3.12. The van der Waals surface area contributed by atoms with Gasteiger partial charge in [0.15, 0.2) is 0 Å². The molecule has 0 N–H and O–H groups in total. The van der Waals surface area contributed by atoms with E-state index in [1.807, 2.05) is 36.4 Å². The zero-order chi connectivity index (χ0) is 13.7. The smallest absolute Gasteiger partial charge is 0.321 e. The summed E-state index contributed by atoms with van der Waals surface area (Å²) in [5.74, 6) is -0.311. The van der Waals surface area contributed by atoms with Gasteiger partial charge in [-0.05, 0) is 31.7 Å². The highest BCUT2D eigenvalue weighted by molar-refractivity contribution is 5.89. The lowest BCUT2D eigenvalue weighted by Crippen LogP contribution is -2.40. The molecule has 19 heavy (non-hydrogen) atoms. The number of nitriles is 1. The molecule has 0 bridgehead atoms. The van der Waals surface area contributed by atoms with E-state index in [-0.39, 0.29) is 5.97 Å². The number of rotatable bonds is 3. The van der Waals surface area contributed by atoms with Crippen LogP contribution in [0.2, 0.25) is 0 Å². The van der Waals surface area contributed by atoms with Crippen LogP contribution in [-0.2, 0) is 14.9 Å². The highest BCUT2D eigenvalue weighted by Gasteiger charge is 2.46. The van der Waals surface area contributed by atoms with E-state index in [2.05, 4.69) is 6.07 Å². The Hall–Kier alpha value is -2.08. The summed E-state index contributed by atoms with van der Waals surface area (Å²) in [6, 6.07) is 11.7. The summed E-state index contributed by atoms with van der Waals surface area (Å²) in [4.78, 5) is 12.5. The van der Waals surface area contributed by atoms with Gasteiger partial charge in [0.25, 0.3) is 0 Å². The lowest BCUT2D eigenvalue weighted by molar-refractivity contribution is -0.149. The number of ether oxygens (including phenoxy) is 1. The van der Waals surface area contributed by atoms with E-state index < -0.39 is 5.41 Å². The van der Waals surface area contributed by atoms with Crippen LogP contribution in [0.3, 0.4) is 0 Å². The van der Waals surface area contributed by atoms with Gasteiger partial charge in [0.05, 0.1) is 12.7 Å². The molecule has 2 rings (SSSR count). The van der Waals surface area contributed by atoms with Crippen LogP contribution < -0.4 is 0 Å². The minimum atomic E-state index is -0.912. The van der Waals surface area contributed by atoms with E-state index in [0.29, 0.717) is 18.6 Å². The van der Waals surface area contributed by atoms with Gasteiger partial charge in [0.2, 0.25) is 0 Å². The molecular weight excluding hydrogens is 238 g/mol. The first kappa shape index (κ1) is 13.4. The molecule has 1 aliphatic carbocycles. The van der Waals surface area contributed by atoms with Gasteiger partial charge in [-0.15, -0.1) is 0 Å². The van der Waals surface area contributed by atoms with Crippen LogP contribution in [0.15, 0.2) is 42.0 Å². The van der Waals surface area contributed by atoms with Crippen molar-refractivity contribution in [3.05, 3.63) is 47.5 Å². The number of carbonyl (C=O) groups excluding carboxylic acids is 1. The van der Waals surface area contributed by atoms with E-state index in [0.717, 1.165) is 18.4 Å². The molecule has 1 unspecified atom stereocenters. The molecule has 98 valence electrons. The molecule has 0 saturated carbocycles. The van der Waals surface area contributed by atoms with Crippen LogP contribution >= 0.6 is 0 Å². The number of hydrogen-bond acceptors (Lipinski definition) is 3. The minimum Gasteiger partial charge on any atom is -0.465 e. The molecule has 0 aromatic heterocycles. The average molecular weight is 255 g/mol. The Morgan fingerprint density at radius 3 is 2.79 bits per heavy atom. The first-order valence-corrected chi connectivity index (χ1v) is 6.59. The van der Waals surface area contributed by atoms with Gasteiger partial charge >= 0.3 is 5.97 Å². The average Bonchev–Trinajstić information content (AvgIpc) is 2.48. The number of allylic oxidation sites excluding steroid dienone is 1. The first-order chi connectivity index (χ1) is 9.25. The van der Waals surface area contributed by atoms with Crippen LogP contribution in [0, 0.1) is 11.3 Å². The van der Waals surface area contributed by atoms with Crippen molar-refractivity contribution in [3.8, 4) is 6.07 Å². The monoisotopic (exact) mass is 255 g/mol. The molecule has 0 aliphatic heterocycles. The Bertz CT molecular complexity index is 527. The van der Waals surface area contributed by atoms with Crippen molar-refractivity contribution >= 4 is 5.97 Å². The van der Waals surface area contributed by atoms with Crippen molar-refractivity contribution in [2.45, 2.75) is 31.6 Å². The number of esters is 1. The highest BCUT2D eigenvalue weighted by Crippen LogP contribution is 2.41. The maximum atomic E-state index is 12.5. The molecule has 0 fully saturated rings. The van der Waals surface area contributed by atoms with E-state index in [1.54, 1.807) is 6.92 Å². The molecule has 0 amide bonds. The topological polar surface area (TPSA) is 50.1 Å². The Labute approximate surface area is 113 Å². The van der Waals surface area contributed by atoms with Gasteiger partial charge in [-0.2, -0.15) is 5.26 Å². The highest BCUT2D eigenvalue weighted by atomic mass is 16.5. The van der Waals surface area contributed by atoms with Crippen LogP contribution in [0.25, 0.3) is 0 Å². The van der Waals surface area contributed by atoms with Gasteiger partial charge in [-0.1, -0.05) is 36.4 Å². The van der Waals surface area contributed by atoms with Gasteiger partial charge in [-0.25, -0.2) is 0 Å². The summed E-state index contributed by atoms with van der Waals surface area (Å²) < 4.78 is 5.24. The normalized spacial score (nSPS) is 22.2. The fourth-order valence-corrected chi connectivity index (χ4v) is 2.67. The van der Waals surface area contributed by atoms with Crippen molar-refractivity contribution < 1.29 is 9.53 Å². The van der Waals surface area contributed by atoms with Crippen LogP contribution in [0.1, 0.15) is 31.7 Å². The Balaban J connectivity index is 2.57. The van der Waals surface area contributed by atoms with E-state index in [1.165, 1.54) is 0 Å². The van der Waals surface area contributed by atoms with Crippen molar-refractivity contribution in [2.75, 3.05) is 6.61 Å². The van der Waals surface area contributed by atoms with Crippen molar-refractivity contribution in [1.29, 1.82) is 5.26 Å². The molecule has 3 nitrogen and oxygen atoms in total. The maximum Gasteiger partial charge on any atom is 0.321 e. The Kier molecular flexibility index (Phi) is 4.01. The molecular formula is C16H17NO2. The second-order valence-electron chi connectivity index (χ2n) is 4.61. The number of carbonyl (C=O) groups is 1. The molecule has 0 heterocycles. The molecule has 1 aliphatic rings. The van der Waals surface area contributed by atoms with Crippen LogP contribution in [0.5, 0.6) is 0 Å². The predicted molar refractivity (Wildman–Crippen MR) is 72.3 cm³/mol. The number of hydrogen-bond donors (Lipinski definition) is 0. The third kappa shape index (κ3) is 2.26. The van der Waals surface area contributed by atoms with E-state index >= 15 is 0 Å². The molecule has 0 saturated heterocycles. The first-order valence-electron chi connectivity index (χ1n) is 6.59. The summed E-state index contributed by atoms with van der Waals surface area (Å²) in [6.07, 6.45) is 4.23. The van der Waals surface area contributed by atoms with Gasteiger partial charge in [0, 0.05) is 5.57 Å². The quantitative estimate of drug-likeness (QED) is 0.780. The lowest BCUT2D eigenvalue weighted by atomic mass is 9.68. The molecule has 1 atom stereocenters. The number of nitrogens with zero attached hydrogens (tertiary/aromatic N) is 1. The van der Waals surface area contributed by atoms with Gasteiger partial charge in [-0.3, -0.25) is 4.79 Å². The molecule has 1 aromatic carbocycles. The second kappa shape index (κ2) is 5.71. The van der Waals surface area contributed by atoms with E-state index in [4.69, 9.17) is 4.74 Å². The maximum absolute atomic E-state index is 12.5. The summed E-state index contributed by atoms with van der Waals surface area (Å²) in [5.41, 5.74) is 0.453. The summed E-state index contributed by atoms with van der Waals surface area (Å²) >= 11 is 0. The zero-order valence-corrected chi connectivity index (χ0v) is 11.1. The number of benzene rings is 1. The Morgan fingerprint density at radius 1 is 1.42 bits per heavy atom. The largest absolute Gasteiger partial charge is 0.465 e. The van der Waals surface area contributed by atoms with Crippen LogP contribution in [0.4, 0.5) is 0 Å². The van der Waals surface area contributed by atoms with Crippen LogP contribution in [-0.4, -0.2) is 12.6 Å². The van der Waals surface area contributed by atoms with Crippen molar-refractivity contribution in [1.82, 2.24) is 0 Å². The van der Waals surface area contributed by atoms with Gasteiger partial charge < -0.3 is 4.74 Å². The summed E-state index contributed by atoms with van der Waals surface area (Å²) in [5, 5.41) is 9.38. The molecule has 3 heteroatoms. The molecule has 0 radical (unpaired) electrons. The third-order valence-corrected chi connectivity index (χ3v) is 3.58. The SMILES string of the molecule is CCOC(=O)C1(c2ccccc2)CCCC=C1C#N. The lowest BCUT2D eigenvalue weighted by Gasteiger charge is -2.34. The van der Waals surface area contributed by atoms with Crippen molar-refractivity contribution in [3.63, 3.8) is 0 Å². The fraction of sp³-hybridized carbons (Fsp3) is 0.375. The van der Waals surface area contributed by atoms with E-state index in [9.17, 15) is 10.1 Å².